The van der Waals surface area contributed by atoms with Gasteiger partial charge in [-0.05, 0) is 28.1 Å². The van der Waals surface area contributed by atoms with Gasteiger partial charge in [0, 0.05) is 11.0 Å². The number of nitrogens with one attached hydrogen (secondary N) is 1. The van der Waals surface area contributed by atoms with Crippen molar-refractivity contribution in [1.82, 2.24) is 0 Å². The minimum atomic E-state index is -0.185. The van der Waals surface area contributed by atoms with Crippen molar-refractivity contribution < 1.29 is 9.53 Å². The SMILES string of the molecule is NCCOCC(=O)Nc1ccccc1Br. The van der Waals surface area contributed by atoms with Gasteiger partial charge in [-0.15, -0.1) is 0 Å². The Kier molecular flexibility index (Phi) is 5.31. The summed E-state index contributed by atoms with van der Waals surface area (Å²) in [6, 6.07) is 7.40. The van der Waals surface area contributed by atoms with Crippen LogP contribution in [-0.4, -0.2) is 25.7 Å². The highest BCUT2D eigenvalue weighted by atomic mass is 79.9. The van der Waals surface area contributed by atoms with Gasteiger partial charge in [-0.2, -0.15) is 0 Å². The molecule has 5 heteroatoms. The van der Waals surface area contributed by atoms with E-state index < -0.39 is 0 Å². The summed E-state index contributed by atoms with van der Waals surface area (Å²) in [5.41, 5.74) is 5.96. The van der Waals surface area contributed by atoms with Gasteiger partial charge in [0.2, 0.25) is 5.91 Å². The fourth-order valence-corrected chi connectivity index (χ4v) is 1.38. The highest BCUT2D eigenvalue weighted by Crippen LogP contribution is 2.20. The third kappa shape index (κ3) is 4.42. The Labute approximate surface area is 96.9 Å². The summed E-state index contributed by atoms with van der Waals surface area (Å²) in [6.07, 6.45) is 0. The molecule has 1 amide bonds. The predicted molar refractivity (Wildman–Crippen MR) is 62.6 cm³/mol. The van der Waals surface area contributed by atoms with Crippen LogP contribution in [0.25, 0.3) is 0 Å². The molecule has 3 N–H and O–H groups in total. The molecule has 0 bridgehead atoms. The number of amides is 1. The molecule has 0 heterocycles. The molecule has 1 aromatic rings. The standard InChI is InChI=1S/C10H13BrN2O2/c11-8-3-1-2-4-9(8)13-10(14)7-15-6-5-12/h1-4H,5-7,12H2,(H,13,14). The second-order valence-electron chi connectivity index (χ2n) is 2.87. The Hall–Kier alpha value is -0.910. The molecule has 0 unspecified atom stereocenters. The summed E-state index contributed by atoms with van der Waals surface area (Å²) in [4.78, 5) is 11.3. The first kappa shape index (κ1) is 12.2. The number of rotatable bonds is 5. The first-order valence-corrected chi connectivity index (χ1v) is 5.35. The van der Waals surface area contributed by atoms with Crippen molar-refractivity contribution in [3.8, 4) is 0 Å². The van der Waals surface area contributed by atoms with Crippen LogP contribution in [0.5, 0.6) is 0 Å². The van der Waals surface area contributed by atoms with Crippen molar-refractivity contribution in [3.63, 3.8) is 0 Å². The lowest BCUT2D eigenvalue weighted by Crippen LogP contribution is -2.20. The van der Waals surface area contributed by atoms with E-state index in [0.29, 0.717) is 13.2 Å². The van der Waals surface area contributed by atoms with Crippen LogP contribution >= 0.6 is 15.9 Å². The Morgan fingerprint density at radius 1 is 1.47 bits per heavy atom. The van der Waals surface area contributed by atoms with Crippen LogP contribution in [0.1, 0.15) is 0 Å². The second kappa shape index (κ2) is 6.55. The molecular formula is C10H13BrN2O2. The number of hydrogen-bond donors (Lipinski definition) is 2. The van der Waals surface area contributed by atoms with E-state index in [2.05, 4.69) is 21.2 Å². The summed E-state index contributed by atoms with van der Waals surface area (Å²) >= 11 is 3.33. The van der Waals surface area contributed by atoms with Crippen molar-refractivity contribution in [2.45, 2.75) is 0 Å². The number of carbonyl (C=O) groups is 1. The molecule has 0 saturated carbocycles. The highest BCUT2D eigenvalue weighted by molar-refractivity contribution is 9.10. The topological polar surface area (TPSA) is 64.3 Å². The average Bonchev–Trinajstić information content (AvgIpc) is 2.22. The second-order valence-corrected chi connectivity index (χ2v) is 3.72. The quantitative estimate of drug-likeness (QED) is 0.796. The zero-order valence-corrected chi connectivity index (χ0v) is 9.79. The Morgan fingerprint density at radius 3 is 2.87 bits per heavy atom. The molecule has 0 aliphatic heterocycles. The highest BCUT2D eigenvalue weighted by Gasteiger charge is 2.04. The van der Waals surface area contributed by atoms with Crippen LogP contribution in [0.4, 0.5) is 5.69 Å². The maximum Gasteiger partial charge on any atom is 0.250 e. The lowest BCUT2D eigenvalue weighted by atomic mass is 10.3. The first-order valence-electron chi connectivity index (χ1n) is 4.56. The molecule has 15 heavy (non-hydrogen) atoms. The van der Waals surface area contributed by atoms with Crippen molar-refractivity contribution in [1.29, 1.82) is 0 Å². The minimum absolute atomic E-state index is 0.0263. The molecule has 0 saturated heterocycles. The largest absolute Gasteiger partial charge is 0.370 e. The molecule has 1 aromatic carbocycles. The van der Waals surface area contributed by atoms with Gasteiger partial charge in [0.1, 0.15) is 6.61 Å². The van der Waals surface area contributed by atoms with E-state index in [1.807, 2.05) is 24.3 Å². The molecule has 1 rings (SSSR count). The van der Waals surface area contributed by atoms with E-state index in [1.165, 1.54) is 0 Å². The first-order chi connectivity index (χ1) is 7.24. The molecule has 0 spiro atoms. The zero-order valence-electron chi connectivity index (χ0n) is 8.20. The van der Waals surface area contributed by atoms with E-state index in [-0.39, 0.29) is 12.5 Å². The van der Waals surface area contributed by atoms with Crippen LogP contribution in [-0.2, 0) is 9.53 Å². The Morgan fingerprint density at radius 2 is 2.20 bits per heavy atom. The molecule has 4 nitrogen and oxygen atoms in total. The van der Waals surface area contributed by atoms with Gasteiger partial charge in [0.15, 0.2) is 0 Å². The zero-order chi connectivity index (χ0) is 11.1. The van der Waals surface area contributed by atoms with Gasteiger partial charge in [0.25, 0.3) is 0 Å². The normalized spacial score (nSPS) is 10.0. The van der Waals surface area contributed by atoms with Gasteiger partial charge in [-0.25, -0.2) is 0 Å². The molecule has 0 atom stereocenters. The number of nitrogens with two attached hydrogens (primary N) is 1. The molecule has 0 radical (unpaired) electrons. The lowest BCUT2D eigenvalue weighted by molar-refractivity contribution is -0.120. The predicted octanol–water partition coefficient (Wildman–Crippen LogP) is 1.36. The molecule has 0 aliphatic rings. The fourth-order valence-electron chi connectivity index (χ4n) is 0.997. The van der Waals surface area contributed by atoms with E-state index in [4.69, 9.17) is 10.5 Å². The van der Waals surface area contributed by atoms with Crippen molar-refractivity contribution in [3.05, 3.63) is 28.7 Å². The number of hydrogen-bond acceptors (Lipinski definition) is 3. The monoisotopic (exact) mass is 272 g/mol. The van der Waals surface area contributed by atoms with Crippen LogP contribution < -0.4 is 11.1 Å². The number of carbonyl (C=O) groups excluding carboxylic acids is 1. The number of para-hydroxylation sites is 1. The van der Waals surface area contributed by atoms with Crippen LogP contribution in [0.3, 0.4) is 0 Å². The van der Waals surface area contributed by atoms with Gasteiger partial charge in [-0.3, -0.25) is 4.79 Å². The minimum Gasteiger partial charge on any atom is -0.370 e. The third-order valence-corrected chi connectivity index (χ3v) is 2.33. The Balaban J connectivity index is 2.41. The van der Waals surface area contributed by atoms with E-state index >= 15 is 0 Å². The molecule has 0 aromatic heterocycles. The molecular weight excluding hydrogens is 260 g/mol. The third-order valence-electron chi connectivity index (χ3n) is 1.64. The lowest BCUT2D eigenvalue weighted by Gasteiger charge is -2.07. The van der Waals surface area contributed by atoms with Gasteiger partial charge >= 0.3 is 0 Å². The van der Waals surface area contributed by atoms with E-state index in [0.717, 1.165) is 10.2 Å². The maximum absolute atomic E-state index is 11.3. The number of halogens is 1. The van der Waals surface area contributed by atoms with Gasteiger partial charge < -0.3 is 15.8 Å². The van der Waals surface area contributed by atoms with Crippen molar-refractivity contribution in [2.24, 2.45) is 5.73 Å². The summed E-state index contributed by atoms with van der Waals surface area (Å²) in [7, 11) is 0. The summed E-state index contributed by atoms with van der Waals surface area (Å²) in [5.74, 6) is -0.185. The Bertz CT molecular complexity index is 331. The number of anilines is 1. The smallest absolute Gasteiger partial charge is 0.250 e. The van der Waals surface area contributed by atoms with Crippen molar-refractivity contribution in [2.75, 3.05) is 25.1 Å². The van der Waals surface area contributed by atoms with Crippen LogP contribution in [0.2, 0.25) is 0 Å². The number of ether oxygens (including phenoxy) is 1. The fraction of sp³-hybridized carbons (Fsp3) is 0.300. The number of benzene rings is 1. The summed E-state index contributed by atoms with van der Waals surface area (Å²) < 4.78 is 5.85. The summed E-state index contributed by atoms with van der Waals surface area (Å²) in [6.45, 7) is 0.838. The maximum atomic E-state index is 11.3. The molecule has 82 valence electrons. The molecule has 0 fully saturated rings. The van der Waals surface area contributed by atoms with Crippen LogP contribution in [0, 0.1) is 0 Å². The average molecular weight is 273 g/mol. The van der Waals surface area contributed by atoms with Gasteiger partial charge in [-0.1, -0.05) is 12.1 Å². The summed E-state index contributed by atoms with van der Waals surface area (Å²) in [5, 5.41) is 2.72. The van der Waals surface area contributed by atoms with Crippen LogP contribution in [0.15, 0.2) is 28.7 Å². The molecule has 0 aliphatic carbocycles. The van der Waals surface area contributed by atoms with Gasteiger partial charge in [0.05, 0.1) is 12.3 Å². The van der Waals surface area contributed by atoms with Crippen molar-refractivity contribution >= 4 is 27.5 Å². The van der Waals surface area contributed by atoms with E-state index in [9.17, 15) is 4.79 Å². The van der Waals surface area contributed by atoms with E-state index in [1.54, 1.807) is 0 Å².